The number of carbonyl (C=O) groups is 1. The third-order valence-electron chi connectivity index (χ3n) is 5.81. The minimum absolute atomic E-state index is 0.0936. The molecule has 2 aromatic heterocycles. The highest BCUT2D eigenvalue weighted by Gasteiger charge is 2.33. The van der Waals surface area contributed by atoms with Crippen LogP contribution in [0.5, 0.6) is 0 Å². The van der Waals surface area contributed by atoms with Gasteiger partial charge in [-0.3, -0.25) is 9.69 Å². The van der Waals surface area contributed by atoms with Crippen molar-refractivity contribution in [3.05, 3.63) is 59.7 Å². The van der Waals surface area contributed by atoms with Crippen molar-refractivity contribution in [2.45, 2.75) is 38.3 Å². The summed E-state index contributed by atoms with van der Waals surface area (Å²) in [6.45, 7) is 4.65. The van der Waals surface area contributed by atoms with E-state index in [4.69, 9.17) is 9.51 Å². The lowest BCUT2D eigenvalue weighted by Crippen LogP contribution is -2.40. The molecule has 5 rings (SSSR count). The molecule has 7 heteroatoms. The third-order valence-corrected chi connectivity index (χ3v) is 5.81. The van der Waals surface area contributed by atoms with Crippen LogP contribution in [0.1, 0.15) is 47.6 Å². The smallest absolute Gasteiger partial charge is 0.273 e. The maximum atomic E-state index is 12.6. The lowest BCUT2D eigenvalue weighted by molar-refractivity contribution is 0.0922. The number of benzene rings is 1. The summed E-state index contributed by atoms with van der Waals surface area (Å²) in [5.74, 6) is 2.39. The first-order valence-electron chi connectivity index (χ1n) is 10.3. The molecule has 0 radical (unpaired) electrons. The van der Waals surface area contributed by atoms with Gasteiger partial charge in [0, 0.05) is 49.4 Å². The SMILES string of the molecule is C[C@@H]1CN(Cc2c[nH]c(-c3ccccc3)n2)C[C@@H]1NC(=O)c1cc(C2CC2)on1. The molecule has 2 N–H and O–H groups in total. The molecule has 2 atom stereocenters. The third kappa shape index (κ3) is 3.96. The molecule has 0 spiro atoms. The monoisotopic (exact) mass is 391 g/mol. The Morgan fingerprint density at radius 3 is 2.90 bits per heavy atom. The molecule has 2 aliphatic rings. The second kappa shape index (κ2) is 7.48. The Hall–Kier alpha value is -2.93. The van der Waals surface area contributed by atoms with E-state index in [9.17, 15) is 4.79 Å². The van der Waals surface area contributed by atoms with Gasteiger partial charge in [-0.25, -0.2) is 4.98 Å². The van der Waals surface area contributed by atoms with Crippen LogP contribution in [0.25, 0.3) is 11.4 Å². The van der Waals surface area contributed by atoms with Gasteiger partial charge in [0.05, 0.1) is 5.69 Å². The molecule has 3 aromatic rings. The molecular formula is C22H25N5O2. The summed E-state index contributed by atoms with van der Waals surface area (Å²) >= 11 is 0. The molecule has 1 aliphatic heterocycles. The van der Waals surface area contributed by atoms with Crippen LogP contribution in [0.2, 0.25) is 0 Å². The number of likely N-dealkylation sites (tertiary alicyclic amines) is 1. The molecule has 3 heterocycles. The van der Waals surface area contributed by atoms with Gasteiger partial charge < -0.3 is 14.8 Å². The standard InChI is InChI=1S/C22H25N5O2/c1-14-11-27(12-17-10-23-21(24-17)16-5-3-2-4-6-16)13-19(14)25-22(28)18-9-20(29-26-18)15-7-8-15/h2-6,9-10,14-15,19H,7-8,11-13H2,1H3,(H,23,24)(H,25,28)/t14-,19+/m1/s1. The molecule has 1 aliphatic carbocycles. The van der Waals surface area contributed by atoms with Crippen LogP contribution in [-0.2, 0) is 6.54 Å². The van der Waals surface area contributed by atoms with Crippen LogP contribution in [0.15, 0.2) is 47.1 Å². The van der Waals surface area contributed by atoms with E-state index in [1.165, 1.54) is 0 Å². The summed E-state index contributed by atoms with van der Waals surface area (Å²) in [5.41, 5.74) is 2.47. The number of imidazole rings is 1. The number of hydrogen-bond donors (Lipinski definition) is 2. The molecule has 1 saturated heterocycles. The molecule has 150 valence electrons. The van der Waals surface area contributed by atoms with E-state index in [1.807, 2.05) is 36.5 Å². The number of carbonyl (C=O) groups excluding carboxylic acids is 1. The lowest BCUT2D eigenvalue weighted by Gasteiger charge is -2.16. The molecule has 1 amide bonds. The number of aromatic nitrogens is 3. The summed E-state index contributed by atoms with van der Waals surface area (Å²) in [7, 11) is 0. The van der Waals surface area contributed by atoms with Crippen LogP contribution in [0, 0.1) is 5.92 Å². The lowest BCUT2D eigenvalue weighted by atomic mass is 10.1. The van der Waals surface area contributed by atoms with Crippen molar-refractivity contribution in [2.24, 2.45) is 5.92 Å². The van der Waals surface area contributed by atoms with E-state index in [0.29, 0.717) is 17.5 Å². The van der Waals surface area contributed by atoms with Gasteiger partial charge >= 0.3 is 0 Å². The zero-order chi connectivity index (χ0) is 19.8. The minimum Gasteiger partial charge on any atom is -0.360 e. The highest BCUT2D eigenvalue weighted by Crippen LogP contribution is 2.40. The van der Waals surface area contributed by atoms with E-state index >= 15 is 0 Å². The van der Waals surface area contributed by atoms with Gasteiger partial charge in [-0.05, 0) is 18.8 Å². The Kier molecular flexibility index (Phi) is 4.67. The van der Waals surface area contributed by atoms with E-state index in [2.05, 4.69) is 27.3 Å². The predicted molar refractivity (Wildman–Crippen MR) is 108 cm³/mol. The summed E-state index contributed by atoms with van der Waals surface area (Å²) in [4.78, 5) is 22.9. The van der Waals surface area contributed by atoms with E-state index in [0.717, 1.165) is 55.3 Å². The second-order valence-electron chi connectivity index (χ2n) is 8.25. The van der Waals surface area contributed by atoms with Crippen LogP contribution < -0.4 is 5.32 Å². The van der Waals surface area contributed by atoms with Crippen molar-refractivity contribution in [3.63, 3.8) is 0 Å². The zero-order valence-corrected chi connectivity index (χ0v) is 16.5. The maximum absolute atomic E-state index is 12.6. The van der Waals surface area contributed by atoms with E-state index in [1.54, 1.807) is 6.07 Å². The molecule has 1 aromatic carbocycles. The van der Waals surface area contributed by atoms with Crippen LogP contribution in [0.3, 0.4) is 0 Å². The number of hydrogen-bond acceptors (Lipinski definition) is 5. The van der Waals surface area contributed by atoms with Gasteiger partial charge in [0.2, 0.25) is 0 Å². The number of rotatable bonds is 6. The average Bonchev–Trinajstić information content (AvgIpc) is 3.13. The summed E-state index contributed by atoms with van der Waals surface area (Å²) in [5, 5.41) is 7.08. The highest BCUT2D eigenvalue weighted by molar-refractivity contribution is 5.92. The van der Waals surface area contributed by atoms with Gasteiger partial charge in [-0.1, -0.05) is 42.4 Å². The maximum Gasteiger partial charge on any atom is 0.273 e. The van der Waals surface area contributed by atoms with Gasteiger partial charge in [-0.2, -0.15) is 0 Å². The molecule has 0 unspecified atom stereocenters. The molecule has 7 nitrogen and oxygen atoms in total. The van der Waals surface area contributed by atoms with Gasteiger partial charge in [0.25, 0.3) is 5.91 Å². The summed E-state index contributed by atoms with van der Waals surface area (Å²) in [6.07, 6.45) is 4.22. The van der Waals surface area contributed by atoms with Crippen molar-refractivity contribution in [1.29, 1.82) is 0 Å². The van der Waals surface area contributed by atoms with Crippen LogP contribution in [0.4, 0.5) is 0 Å². The van der Waals surface area contributed by atoms with Crippen molar-refractivity contribution in [3.8, 4) is 11.4 Å². The Morgan fingerprint density at radius 1 is 1.28 bits per heavy atom. The number of H-pyrrole nitrogens is 1. The quantitative estimate of drug-likeness (QED) is 0.674. The Bertz CT molecular complexity index is 992. The number of nitrogens with one attached hydrogen (secondary N) is 2. The van der Waals surface area contributed by atoms with Crippen LogP contribution in [-0.4, -0.2) is 45.1 Å². The van der Waals surface area contributed by atoms with Crippen molar-refractivity contribution < 1.29 is 9.32 Å². The fourth-order valence-electron chi connectivity index (χ4n) is 4.00. The molecular weight excluding hydrogens is 366 g/mol. The second-order valence-corrected chi connectivity index (χ2v) is 8.25. The number of amides is 1. The summed E-state index contributed by atoms with van der Waals surface area (Å²) < 4.78 is 5.31. The van der Waals surface area contributed by atoms with Gasteiger partial charge in [0.1, 0.15) is 11.6 Å². The minimum atomic E-state index is -0.148. The Balaban J connectivity index is 1.18. The van der Waals surface area contributed by atoms with Crippen molar-refractivity contribution in [1.82, 2.24) is 25.3 Å². The zero-order valence-electron chi connectivity index (χ0n) is 16.5. The first-order chi connectivity index (χ1) is 14.2. The van der Waals surface area contributed by atoms with E-state index in [-0.39, 0.29) is 11.9 Å². The molecule has 29 heavy (non-hydrogen) atoms. The predicted octanol–water partition coefficient (Wildman–Crippen LogP) is 3.19. The van der Waals surface area contributed by atoms with Crippen LogP contribution >= 0.6 is 0 Å². The Labute approximate surface area is 169 Å². The van der Waals surface area contributed by atoms with Gasteiger partial charge in [-0.15, -0.1) is 0 Å². The largest absolute Gasteiger partial charge is 0.360 e. The normalized spacial score (nSPS) is 22.1. The molecule has 1 saturated carbocycles. The van der Waals surface area contributed by atoms with Gasteiger partial charge in [0.15, 0.2) is 5.69 Å². The van der Waals surface area contributed by atoms with Crippen molar-refractivity contribution >= 4 is 5.91 Å². The topological polar surface area (TPSA) is 87.0 Å². The number of aromatic amines is 1. The highest BCUT2D eigenvalue weighted by atomic mass is 16.5. The van der Waals surface area contributed by atoms with E-state index < -0.39 is 0 Å². The number of nitrogens with zero attached hydrogens (tertiary/aromatic N) is 3. The molecule has 0 bridgehead atoms. The molecule has 2 fully saturated rings. The van der Waals surface area contributed by atoms with Crippen molar-refractivity contribution in [2.75, 3.05) is 13.1 Å². The fraction of sp³-hybridized carbons (Fsp3) is 0.409. The first kappa shape index (κ1) is 18.1. The fourth-order valence-corrected chi connectivity index (χ4v) is 4.00. The first-order valence-corrected chi connectivity index (χ1v) is 10.3. The average molecular weight is 391 g/mol. The Morgan fingerprint density at radius 2 is 2.10 bits per heavy atom. The summed E-state index contributed by atoms with van der Waals surface area (Å²) in [6, 6.07) is 12.0.